The van der Waals surface area contributed by atoms with E-state index in [0.29, 0.717) is 13.0 Å². The molecule has 1 aliphatic heterocycles. The third-order valence-electron chi connectivity index (χ3n) is 2.88. The topological polar surface area (TPSA) is 101 Å². The van der Waals surface area contributed by atoms with Gasteiger partial charge in [0.15, 0.2) is 0 Å². The van der Waals surface area contributed by atoms with Gasteiger partial charge >= 0.3 is 12.3 Å². The third-order valence-corrected chi connectivity index (χ3v) is 5.72. The number of rotatable bonds is 10. The predicted octanol–water partition coefficient (Wildman–Crippen LogP) is 1.70. The van der Waals surface area contributed by atoms with Crippen molar-refractivity contribution < 1.29 is 38.4 Å². The SMILES string of the molecule is COCCOC(=O)OCCCOC(=O)OCC1(CO)CSSC1. The van der Waals surface area contributed by atoms with E-state index < -0.39 is 12.3 Å². The fraction of sp³-hybridized carbons (Fsp3) is 0.846. The maximum absolute atomic E-state index is 11.4. The van der Waals surface area contributed by atoms with Crippen LogP contribution in [0.25, 0.3) is 0 Å². The highest BCUT2D eigenvalue weighted by Crippen LogP contribution is 2.43. The Morgan fingerprint density at radius 2 is 1.52 bits per heavy atom. The van der Waals surface area contributed by atoms with Gasteiger partial charge in [0.2, 0.25) is 0 Å². The molecular weight excluding hydrogens is 348 g/mol. The van der Waals surface area contributed by atoms with Crippen LogP contribution in [0.3, 0.4) is 0 Å². The van der Waals surface area contributed by atoms with Crippen molar-refractivity contribution in [1.29, 1.82) is 0 Å². The number of aliphatic hydroxyl groups is 1. The van der Waals surface area contributed by atoms with Crippen LogP contribution in [0.2, 0.25) is 0 Å². The quantitative estimate of drug-likeness (QED) is 0.347. The second kappa shape index (κ2) is 11.7. The summed E-state index contributed by atoms with van der Waals surface area (Å²) >= 11 is 0. The zero-order valence-corrected chi connectivity index (χ0v) is 14.6. The van der Waals surface area contributed by atoms with Gasteiger partial charge in [0, 0.05) is 30.5 Å². The van der Waals surface area contributed by atoms with Gasteiger partial charge in [-0.1, -0.05) is 21.6 Å². The van der Waals surface area contributed by atoms with Gasteiger partial charge in [-0.3, -0.25) is 0 Å². The molecule has 1 N–H and O–H groups in total. The van der Waals surface area contributed by atoms with E-state index in [4.69, 9.17) is 18.9 Å². The number of hydrogen-bond donors (Lipinski definition) is 1. The van der Waals surface area contributed by atoms with Crippen LogP contribution in [0.4, 0.5) is 9.59 Å². The Morgan fingerprint density at radius 1 is 0.957 bits per heavy atom. The van der Waals surface area contributed by atoms with E-state index >= 15 is 0 Å². The van der Waals surface area contributed by atoms with E-state index in [0.717, 1.165) is 11.5 Å². The van der Waals surface area contributed by atoms with E-state index in [2.05, 4.69) is 4.74 Å². The number of hydrogen-bond acceptors (Lipinski definition) is 10. The highest BCUT2D eigenvalue weighted by molar-refractivity contribution is 8.77. The Hall–Kier alpha value is -0.840. The molecule has 10 heteroatoms. The lowest BCUT2D eigenvalue weighted by molar-refractivity contribution is 0.0110. The van der Waals surface area contributed by atoms with Crippen LogP contribution in [0.1, 0.15) is 6.42 Å². The van der Waals surface area contributed by atoms with E-state index in [1.165, 1.54) is 7.11 Å². The van der Waals surface area contributed by atoms with E-state index in [9.17, 15) is 14.7 Å². The second-order valence-electron chi connectivity index (χ2n) is 4.86. The first-order chi connectivity index (χ1) is 11.1. The lowest BCUT2D eigenvalue weighted by atomic mass is 9.96. The van der Waals surface area contributed by atoms with Crippen molar-refractivity contribution in [2.45, 2.75) is 6.42 Å². The van der Waals surface area contributed by atoms with Crippen LogP contribution in [0, 0.1) is 5.41 Å². The molecule has 1 aliphatic rings. The molecule has 1 rings (SSSR count). The number of ether oxygens (including phenoxy) is 5. The van der Waals surface area contributed by atoms with Crippen molar-refractivity contribution in [1.82, 2.24) is 0 Å². The summed E-state index contributed by atoms with van der Waals surface area (Å²) < 4.78 is 24.0. The van der Waals surface area contributed by atoms with Crippen LogP contribution in [0.5, 0.6) is 0 Å². The van der Waals surface area contributed by atoms with E-state index in [1.54, 1.807) is 21.6 Å². The highest BCUT2D eigenvalue weighted by Gasteiger charge is 2.36. The van der Waals surface area contributed by atoms with Gasteiger partial charge < -0.3 is 28.8 Å². The summed E-state index contributed by atoms with van der Waals surface area (Å²) in [4.78, 5) is 22.5. The summed E-state index contributed by atoms with van der Waals surface area (Å²) in [5, 5.41) is 9.38. The fourth-order valence-corrected chi connectivity index (χ4v) is 4.82. The summed E-state index contributed by atoms with van der Waals surface area (Å²) in [5.74, 6) is 1.47. The Kier molecular flexibility index (Phi) is 10.2. The Labute approximate surface area is 142 Å². The van der Waals surface area contributed by atoms with Gasteiger partial charge in [0.1, 0.15) is 13.2 Å². The monoisotopic (exact) mass is 370 g/mol. The van der Waals surface area contributed by atoms with Crippen molar-refractivity contribution in [2.75, 3.05) is 58.3 Å². The van der Waals surface area contributed by atoms with Crippen molar-refractivity contribution in [3.8, 4) is 0 Å². The van der Waals surface area contributed by atoms with Gasteiger partial charge in [0.25, 0.3) is 0 Å². The predicted molar refractivity (Wildman–Crippen MR) is 85.5 cm³/mol. The Morgan fingerprint density at radius 3 is 2.09 bits per heavy atom. The van der Waals surface area contributed by atoms with Crippen molar-refractivity contribution in [3.05, 3.63) is 0 Å². The third kappa shape index (κ3) is 8.54. The van der Waals surface area contributed by atoms with Gasteiger partial charge in [0.05, 0.1) is 26.4 Å². The smallest absolute Gasteiger partial charge is 0.434 e. The van der Waals surface area contributed by atoms with Gasteiger partial charge in [-0.15, -0.1) is 0 Å². The maximum atomic E-state index is 11.4. The van der Waals surface area contributed by atoms with Gasteiger partial charge in [-0.2, -0.15) is 0 Å². The molecule has 0 unspecified atom stereocenters. The molecular formula is C13H22O8S2. The fourth-order valence-electron chi connectivity index (χ4n) is 1.47. The number of carbonyl (C=O) groups is 2. The largest absolute Gasteiger partial charge is 0.508 e. The number of methoxy groups -OCH3 is 1. The Bertz CT molecular complexity index is 360. The van der Waals surface area contributed by atoms with Gasteiger partial charge in [-0.25, -0.2) is 9.59 Å². The first-order valence-corrected chi connectivity index (χ1v) is 9.54. The molecule has 1 saturated heterocycles. The molecule has 23 heavy (non-hydrogen) atoms. The highest BCUT2D eigenvalue weighted by atomic mass is 33.1. The van der Waals surface area contributed by atoms with Crippen molar-refractivity contribution in [2.24, 2.45) is 5.41 Å². The summed E-state index contributed by atoms with van der Waals surface area (Å²) in [7, 11) is 4.79. The minimum absolute atomic E-state index is 0.0285. The van der Waals surface area contributed by atoms with Crippen LogP contribution < -0.4 is 0 Å². The summed E-state index contributed by atoms with van der Waals surface area (Å²) in [6.45, 7) is 0.675. The zero-order valence-electron chi connectivity index (χ0n) is 13.0. The summed E-state index contributed by atoms with van der Waals surface area (Å²) in [6.07, 6.45) is -1.24. The normalized spacial score (nSPS) is 15.9. The molecule has 8 nitrogen and oxygen atoms in total. The van der Waals surface area contributed by atoms with Crippen LogP contribution in [0.15, 0.2) is 0 Å². The maximum Gasteiger partial charge on any atom is 0.508 e. The number of carbonyl (C=O) groups excluding carboxylic acids is 2. The number of aliphatic hydroxyl groups excluding tert-OH is 1. The molecule has 0 spiro atoms. The molecule has 0 aliphatic carbocycles. The molecule has 0 amide bonds. The molecule has 0 bridgehead atoms. The first-order valence-electron chi connectivity index (χ1n) is 7.05. The molecule has 0 aromatic heterocycles. The average molecular weight is 370 g/mol. The summed E-state index contributed by atoms with van der Waals surface area (Å²) in [6, 6.07) is 0. The Balaban J connectivity index is 2.00. The molecule has 0 aromatic rings. The zero-order chi connectivity index (χ0) is 17.0. The average Bonchev–Trinajstić information content (AvgIpc) is 3.02. The lowest BCUT2D eigenvalue weighted by Crippen LogP contribution is -2.34. The van der Waals surface area contributed by atoms with Crippen LogP contribution in [-0.2, 0) is 23.7 Å². The van der Waals surface area contributed by atoms with Gasteiger partial charge in [-0.05, 0) is 0 Å². The molecule has 0 aromatic carbocycles. The molecule has 1 heterocycles. The first kappa shape index (κ1) is 20.2. The van der Waals surface area contributed by atoms with Crippen molar-refractivity contribution in [3.63, 3.8) is 0 Å². The molecule has 0 radical (unpaired) electrons. The minimum Gasteiger partial charge on any atom is -0.434 e. The molecule has 1 fully saturated rings. The minimum atomic E-state index is -0.789. The van der Waals surface area contributed by atoms with Crippen molar-refractivity contribution >= 4 is 33.9 Å². The van der Waals surface area contributed by atoms with Crippen LogP contribution in [-0.4, -0.2) is 75.7 Å². The second-order valence-corrected chi connectivity index (χ2v) is 7.33. The molecule has 0 saturated carbocycles. The van der Waals surface area contributed by atoms with E-state index in [1.807, 2.05) is 0 Å². The lowest BCUT2D eigenvalue weighted by Gasteiger charge is -2.23. The molecule has 0 atom stereocenters. The van der Waals surface area contributed by atoms with Crippen LogP contribution >= 0.6 is 21.6 Å². The van der Waals surface area contributed by atoms with E-state index in [-0.39, 0.29) is 38.4 Å². The standard InChI is InChI=1S/C13H22O8S2/c1-17-5-6-20-11(15)18-3-2-4-19-12(16)21-8-13(7-14)9-22-23-10-13/h14H,2-10H2,1H3. The summed E-state index contributed by atoms with van der Waals surface area (Å²) in [5.41, 5.74) is -0.385. The molecule has 134 valence electrons.